The van der Waals surface area contributed by atoms with E-state index in [2.05, 4.69) is 9.97 Å². The fourth-order valence-corrected chi connectivity index (χ4v) is 1.54. The van der Waals surface area contributed by atoms with Crippen LogP contribution in [0.15, 0.2) is 6.33 Å². The van der Waals surface area contributed by atoms with Gasteiger partial charge in [-0.05, 0) is 6.92 Å². The van der Waals surface area contributed by atoms with Gasteiger partial charge < -0.3 is 14.7 Å². The molecule has 9 nitrogen and oxygen atoms in total. The molecule has 0 amide bonds. The lowest BCUT2D eigenvalue weighted by atomic mass is 10.3. The van der Waals surface area contributed by atoms with Crippen molar-refractivity contribution in [2.75, 3.05) is 25.1 Å². The zero-order valence-corrected chi connectivity index (χ0v) is 10.6. The van der Waals surface area contributed by atoms with Gasteiger partial charge in [0.1, 0.15) is 6.33 Å². The Morgan fingerprint density at radius 2 is 2.26 bits per heavy atom. The van der Waals surface area contributed by atoms with E-state index in [0.717, 1.165) is 6.33 Å². The number of carboxylic acid groups (broad SMARTS) is 1. The molecular formula is C10H14N4O5. The van der Waals surface area contributed by atoms with Gasteiger partial charge in [-0.1, -0.05) is 0 Å². The summed E-state index contributed by atoms with van der Waals surface area (Å²) in [6.07, 6.45) is 1.00. The number of aliphatic carboxylic acids is 1. The highest BCUT2D eigenvalue weighted by Crippen LogP contribution is 2.32. The summed E-state index contributed by atoms with van der Waals surface area (Å²) in [5.41, 5.74) is -0.364. The maximum absolute atomic E-state index is 11.1. The Morgan fingerprint density at radius 3 is 2.74 bits per heavy atom. The number of rotatable bonds is 7. The van der Waals surface area contributed by atoms with Gasteiger partial charge in [0, 0.05) is 13.1 Å². The van der Waals surface area contributed by atoms with Crippen molar-refractivity contribution < 1.29 is 19.6 Å². The molecule has 1 rings (SSSR count). The largest absolute Gasteiger partial charge is 0.481 e. The number of hydrogen-bond donors (Lipinski definition) is 1. The number of anilines is 1. The first kappa shape index (κ1) is 14.6. The van der Waals surface area contributed by atoms with Crippen LogP contribution in [0.25, 0.3) is 0 Å². The summed E-state index contributed by atoms with van der Waals surface area (Å²) >= 11 is 0. The molecule has 0 atom stereocenters. The van der Waals surface area contributed by atoms with Crippen LogP contribution in [0.5, 0.6) is 5.88 Å². The molecule has 0 spiro atoms. The minimum absolute atomic E-state index is 0.0561. The molecule has 0 saturated carbocycles. The van der Waals surface area contributed by atoms with Crippen LogP contribution in [-0.4, -0.2) is 46.2 Å². The Hall–Kier alpha value is -2.45. The summed E-state index contributed by atoms with van der Waals surface area (Å²) in [4.78, 5) is 30.0. The van der Waals surface area contributed by atoms with Crippen LogP contribution >= 0.6 is 0 Å². The molecule has 0 aromatic carbocycles. The maximum Gasteiger partial charge on any atom is 0.372 e. The lowest BCUT2D eigenvalue weighted by Gasteiger charge is -2.20. The minimum Gasteiger partial charge on any atom is -0.481 e. The van der Waals surface area contributed by atoms with Crippen molar-refractivity contribution in [2.24, 2.45) is 0 Å². The highest BCUT2D eigenvalue weighted by atomic mass is 16.6. The molecule has 9 heteroatoms. The van der Waals surface area contributed by atoms with Crippen LogP contribution in [0.3, 0.4) is 0 Å². The first-order chi connectivity index (χ1) is 9.01. The van der Waals surface area contributed by atoms with Gasteiger partial charge in [-0.2, -0.15) is 4.98 Å². The third-order valence-corrected chi connectivity index (χ3v) is 2.42. The van der Waals surface area contributed by atoms with E-state index in [-0.39, 0.29) is 30.4 Å². The van der Waals surface area contributed by atoms with Crippen LogP contribution in [0.1, 0.15) is 13.3 Å². The molecule has 1 aromatic rings. The number of nitro groups is 1. The van der Waals surface area contributed by atoms with Crippen molar-refractivity contribution in [2.45, 2.75) is 13.3 Å². The van der Waals surface area contributed by atoms with Gasteiger partial charge >= 0.3 is 11.7 Å². The van der Waals surface area contributed by atoms with Crippen LogP contribution in [-0.2, 0) is 4.79 Å². The summed E-state index contributed by atoms with van der Waals surface area (Å²) in [6, 6.07) is 0. The fraction of sp³-hybridized carbons (Fsp3) is 0.500. The van der Waals surface area contributed by atoms with Gasteiger partial charge in [0.2, 0.25) is 5.82 Å². The number of ether oxygens (including phenoxy) is 1. The van der Waals surface area contributed by atoms with Gasteiger partial charge in [-0.3, -0.25) is 14.9 Å². The Labute approximate surface area is 109 Å². The summed E-state index contributed by atoms with van der Waals surface area (Å²) in [7, 11) is 1.27. The lowest BCUT2D eigenvalue weighted by Crippen LogP contribution is -2.27. The number of aromatic nitrogens is 2. The SMILES string of the molecule is CCN(CCC(=O)O)c1ncnc(OC)c1[N+](=O)[O-]. The topological polar surface area (TPSA) is 119 Å². The molecular weight excluding hydrogens is 256 g/mol. The van der Waals surface area contributed by atoms with E-state index in [9.17, 15) is 14.9 Å². The van der Waals surface area contributed by atoms with E-state index in [0.29, 0.717) is 6.54 Å². The zero-order chi connectivity index (χ0) is 14.4. The van der Waals surface area contributed by atoms with E-state index in [4.69, 9.17) is 9.84 Å². The third-order valence-electron chi connectivity index (χ3n) is 2.42. The average Bonchev–Trinajstić information content (AvgIpc) is 2.38. The van der Waals surface area contributed by atoms with Crippen LogP contribution in [0.2, 0.25) is 0 Å². The molecule has 19 heavy (non-hydrogen) atoms. The van der Waals surface area contributed by atoms with Crippen molar-refractivity contribution in [1.29, 1.82) is 0 Å². The molecule has 0 unspecified atom stereocenters. The van der Waals surface area contributed by atoms with Crippen LogP contribution in [0, 0.1) is 10.1 Å². The summed E-state index contributed by atoms with van der Waals surface area (Å²) < 4.78 is 4.83. The predicted molar refractivity (Wildman–Crippen MR) is 65.4 cm³/mol. The molecule has 0 aliphatic carbocycles. The van der Waals surface area contributed by atoms with Gasteiger partial charge in [0.05, 0.1) is 18.5 Å². The van der Waals surface area contributed by atoms with Crippen molar-refractivity contribution in [3.05, 3.63) is 16.4 Å². The predicted octanol–water partition coefficient (Wildman–Crippen LogP) is 0.694. The van der Waals surface area contributed by atoms with E-state index in [1.165, 1.54) is 12.0 Å². The standard InChI is InChI=1S/C10H14N4O5/c1-3-13(5-4-7(15)16)9-8(14(17)18)10(19-2)12-6-11-9/h6H,3-5H2,1-2H3,(H,15,16). The van der Waals surface area contributed by atoms with E-state index < -0.39 is 10.9 Å². The van der Waals surface area contributed by atoms with Gasteiger partial charge in [-0.25, -0.2) is 4.98 Å². The van der Waals surface area contributed by atoms with Crippen molar-refractivity contribution in [1.82, 2.24) is 9.97 Å². The van der Waals surface area contributed by atoms with Gasteiger partial charge in [0.25, 0.3) is 5.88 Å². The molecule has 0 bridgehead atoms. The smallest absolute Gasteiger partial charge is 0.372 e. The molecule has 0 fully saturated rings. The molecule has 104 valence electrons. The molecule has 0 aliphatic heterocycles. The molecule has 0 saturated heterocycles. The number of nitrogens with zero attached hydrogens (tertiary/aromatic N) is 4. The first-order valence-corrected chi connectivity index (χ1v) is 5.51. The first-order valence-electron chi connectivity index (χ1n) is 5.51. The number of methoxy groups -OCH3 is 1. The normalized spacial score (nSPS) is 10.0. The second-order valence-corrected chi connectivity index (χ2v) is 3.54. The van der Waals surface area contributed by atoms with Crippen LogP contribution in [0.4, 0.5) is 11.5 Å². The average molecular weight is 270 g/mol. The number of carbonyl (C=O) groups is 1. The van der Waals surface area contributed by atoms with E-state index in [1.54, 1.807) is 6.92 Å². The molecule has 0 radical (unpaired) electrons. The highest BCUT2D eigenvalue weighted by molar-refractivity contribution is 5.68. The third kappa shape index (κ3) is 3.50. The Morgan fingerprint density at radius 1 is 1.58 bits per heavy atom. The molecule has 1 N–H and O–H groups in total. The van der Waals surface area contributed by atoms with E-state index in [1.807, 2.05) is 0 Å². The van der Waals surface area contributed by atoms with Crippen molar-refractivity contribution in [3.63, 3.8) is 0 Å². The van der Waals surface area contributed by atoms with E-state index >= 15 is 0 Å². The monoisotopic (exact) mass is 270 g/mol. The second-order valence-electron chi connectivity index (χ2n) is 3.54. The molecule has 1 heterocycles. The Bertz CT molecular complexity index is 479. The van der Waals surface area contributed by atoms with Gasteiger partial charge in [0.15, 0.2) is 0 Å². The zero-order valence-electron chi connectivity index (χ0n) is 10.6. The molecule has 1 aromatic heterocycles. The molecule has 0 aliphatic rings. The maximum atomic E-state index is 11.1. The summed E-state index contributed by atoms with van der Waals surface area (Å²) in [6.45, 7) is 2.25. The number of hydrogen-bond acceptors (Lipinski definition) is 7. The fourth-order valence-electron chi connectivity index (χ4n) is 1.54. The Balaban J connectivity index is 3.15. The highest BCUT2D eigenvalue weighted by Gasteiger charge is 2.27. The quantitative estimate of drug-likeness (QED) is 0.567. The van der Waals surface area contributed by atoms with Crippen molar-refractivity contribution >= 4 is 17.5 Å². The lowest BCUT2D eigenvalue weighted by molar-refractivity contribution is -0.385. The number of carboxylic acids is 1. The van der Waals surface area contributed by atoms with Gasteiger partial charge in [-0.15, -0.1) is 0 Å². The minimum atomic E-state index is -0.984. The summed E-state index contributed by atoms with van der Waals surface area (Å²) in [5, 5.41) is 19.7. The second kappa shape index (κ2) is 6.47. The van der Waals surface area contributed by atoms with Crippen LogP contribution < -0.4 is 9.64 Å². The Kier molecular flexibility index (Phi) is 4.98. The summed E-state index contributed by atoms with van der Waals surface area (Å²) in [5.74, 6) is -1.08. The van der Waals surface area contributed by atoms with Crippen molar-refractivity contribution in [3.8, 4) is 5.88 Å².